The van der Waals surface area contributed by atoms with Crippen LogP contribution in [0.5, 0.6) is 0 Å². The third-order valence-corrected chi connectivity index (χ3v) is 5.22. The molecule has 0 radical (unpaired) electrons. The highest BCUT2D eigenvalue weighted by Crippen LogP contribution is 2.26. The van der Waals surface area contributed by atoms with E-state index < -0.39 is 0 Å². The number of aryl methyl sites for hydroxylation is 2. The largest absolute Gasteiger partial charge is 0.319 e. The van der Waals surface area contributed by atoms with Gasteiger partial charge in [0.2, 0.25) is 0 Å². The summed E-state index contributed by atoms with van der Waals surface area (Å²) in [6.45, 7) is 2.60. The summed E-state index contributed by atoms with van der Waals surface area (Å²) in [7, 11) is 1.95. The van der Waals surface area contributed by atoms with Crippen LogP contribution in [0.1, 0.15) is 17.4 Å². The van der Waals surface area contributed by atoms with Crippen molar-refractivity contribution >= 4 is 38.2 Å². The van der Waals surface area contributed by atoms with Crippen molar-refractivity contribution in [2.75, 3.05) is 0 Å². The standard InChI is InChI=1S/C18H16N4OS/c1-3-22-14(10-11-19-22)17(23)20-18-21(2)16-13-7-5-4-6-12(13)8-9-15(16)24-18/h4-11H,3H2,1-2H3. The predicted octanol–water partition coefficient (Wildman–Crippen LogP) is 3.35. The topological polar surface area (TPSA) is 52.2 Å². The third-order valence-electron chi connectivity index (χ3n) is 4.12. The second kappa shape index (κ2) is 5.72. The lowest BCUT2D eigenvalue weighted by molar-refractivity contribution is 0.0988. The van der Waals surface area contributed by atoms with Gasteiger partial charge < -0.3 is 4.57 Å². The molecule has 0 saturated carbocycles. The van der Waals surface area contributed by atoms with Gasteiger partial charge >= 0.3 is 0 Å². The van der Waals surface area contributed by atoms with Crippen LogP contribution in [-0.4, -0.2) is 20.3 Å². The first-order valence-electron chi connectivity index (χ1n) is 7.77. The Morgan fingerprint density at radius 1 is 1.21 bits per heavy atom. The number of hydrogen-bond donors (Lipinski definition) is 0. The van der Waals surface area contributed by atoms with E-state index in [2.05, 4.69) is 34.4 Å². The van der Waals surface area contributed by atoms with Gasteiger partial charge in [0.25, 0.3) is 5.91 Å². The molecule has 0 spiro atoms. The van der Waals surface area contributed by atoms with Gasteiger partial charge in [-0.2, -0.15) is 10.1 Å². The number of aromatic nitrogens is 3. The van der Waals surface area contributed by atoms with Crippen LogP contribution in [-0.2, 0) is 13.6 Å². The van der Waals surface area contributed by atoms with E-state index in [9.17, 15) is 4.79 Å². The first-order chi connectivity index (χ1) is 11.7. The summed E-state index contributed by atoms with van der Waals surface area (Å²) in [6.07, 6.45) is 1.63. The maximum Gasteiger partial charge on any atom is 0.297 e. The first kappa shape index (κ1) is 14.8. The fourth-order valence-corrected chi connectivity index (χ4v) is 3.97. The normalized spacial score (nSPS) is 12.3. The summed E-state index contributed by atoms with van der Waals surface area (Å²) >= 11 is 1.52. The van der Waals surface area contributed by atoms with Gasteiger partial charge in [-0.15, -0.1) is 0 Å². The van der Waals surface area contributed by atoms with Crippen molar-refractivity contribution in [1.82, 2.24) is 14.3 Å². The van der Waals surface area contributed by atoms with Gasteiger partial charge in [-0.3, -0.25) is 9.48 Å². The molecule has 2 aromatic heterocycles. The number of thiazole rings is 1. The van der Waals surface area contributed by atoms with Crippen LogP contribution < -0.4 is 4.80 Å². The maximum atomic E-state index is 12.5. The number of hydrogen-bond acceptors (Lipinski definition) is 3. The Balaban J connectivity index is 1.93. The zero-order valence-electron chi connectivity index (χ0n) is 13.4. The summed E-state index contributed by atoms with van der Waals surface area (Å²) in [4.78, 5) is 17.5. The van der Waals surface area contributed by atoms with Gasteiger partial charge in [0, 0.05) is 25.2 Å². The van der Waals surface area contributed by atoms with Crippen LogP contribution in [0.15, 0.2) is 53.7 Å². The molecule has 0 N–H and O–H groups in total. The van der Waals surface area contributed by atoms with Crippen LogP contribution >= 0.6 is 11.3 Å². The molecule has 4 aromatic rings. The van der Waals surface area contributed by atoms with Crippen LogP contribution in [0.4, 0.5) is 0 Å². The number of rotatable bonds is 2. The molecule has 0 aliphatic heterocycles. The van der Waals surface area contributed by atoms with E-state index in [0.29, 0.717) is 17.0 Å². The van der Waals surface area contributed by atoms with Gasteiger partial charge in [-0.1, -0.05) is 41.7 Å². The Morgan fingerprint density at radius 3 is 2.88 bits per heavy atom. The van der Waals surface area contributed by atoms with E-state index in [1.54, 1.807) is 16.9 Å². The fourth-order valence-electron chi connectivity index (χ4n) is 2.93. The zero-order valence-corrected chi connectivity index (χ0v) is 14.2. The smallest absolute Gasteiger partial charge is 0.297 e. The Hall–Kier alpha value is -2.73. The molecule has 5 nitrogen and oxygen atoms in total. The molecule has 0 unspecified atom stereocenters. The molecule has 1 amide bonds. The van der Waals surface area contributed by atoms with Crippen molar-refractivity contribution in [3.8, 4) is 0 Å². The average molecular weight is 336 g/mol. The summed E-state index contributed by atoms with van der Waals surface area (Å²) in [5.74, 6) is -0.263. The molecule has 6 heteroatoms. The highest BCUT2D eigenvalue weighted by Gasteiger charge is 2.12. The molecule has 0 atom stereocenters. The van der Waals surface area contributed by atoms with E-state index in [1.807, 2.05) is 30.7 Å². The second-order valence-electron chi connectivity index (χ2n) is 5.53. The van der Waals surface area contributed by atoms with Crippen molar-refractivity contribution in [3.63, 3.8) is 0 Å². The molecule has 0 aliphatic rings. The molecule has 0 aliphatic carbocycles. The molecule has 0 fully saturated rings. The Labute approximate surface area is 142 Å². The van der Waals surface area contributed by atoms with Crippen LogP contribution in [0.3, 0.4) is 0 Å². The lowest BCUT2D eigenvalue weighted by Crippen LogP contribution is -2.15. The first-order valence-corrected chi connectivity index (χ1v) is 8.59. The number of carbonyl (C=O) groups is 1. The fraction of sp³-hybridized carbons (Fsp3) is 0.167. The van der Waals surface area contributed by atoms with Crippen LogP contribution in [0.25, 0.3) is 21.0 Å². The Morgan fingerprint density at radius 2 is 2.04 bits per heavy atom. The minimum atomic E-state index is -0.263. The van der Waals surface area contributed by atoms with E-state index in [0.717, 1.165) is 10.2 Å². The van der Waals surface area contributed by atoms with Crippen molar-refractivity contribution < 1.29 is 4.79 Å². The van der Waals surface area contributed by atoms with E-state index >= 15 is 0 Å². The molecule has 2 aromatic carbocycles. The zero-order chi connectivity index (χ0) is 16.7. The number of amides is 1. The quantitative estimate of drug-likeness (QED) is 0.564. The van der Waals surface area contributed by atoms with Gasteiger partial charge in [-0.05, 0) is 24.4 Å². The minimum absolute atomic E-state index is 0.263. The molecule has 4 rings (SSSR count). The lowest BCUT2D eigenvalue weighted by Gasteiger charge is -2.02. The third kappa shape index (κ3) is 2.27. The Bertz CT molecular complexity index is 1130. The monoisotopic (exact) mass is 336 g/mol. The van der Waals surface area contributed by atoms with Crippen LogP contribution in [0, 0.1) is 0 Å². The lowest BCUT2D eigenvalue weighted by atomic mass is 10.1. The summed E-state index contributed by atoms with van der Waals surface area (Å²) in [5, 5.41) is 6.48. The molecule has 24 heavy (non-hydrogen) atoms. The number of nitrogens with zero attached hydrogens (tertiary/aromatic N) is 4. The summed E-state index contributed by atoms with van der Waals surface area (Å²) in [5.41, 5.74) is 1.62. The summed E-state index contributed by atoms with van der Waals surface area (Å²) < 4.78 is 4.77. The van der Waals surface area contributed by atoms with Gasteiger partial charge in [0.1, 0.15) is 5.69 Å². The number of carbonyl (C=O) groups excluding carboxylic acids is 1. The minimum Gasteiger partial charge on any atom is -0.319 e. The molecular weight excluding hydrogens is 320 g/mol. The van der Waals surface area contributed by atoms with Gasteiger partial charge in [0.05, 0.1) is 10.2 Å². The van der Waals surface area contributed by atoms with E-state index in [-0.39, 0.29) is 5.91 Å². The Kier molecular flexibility index (Phi) is 3.54. The van der Waals surface area contributed by atoms with Crippen molar-refractivity contribution in [2.45, 2.75) is 13.5 Å². The SMILES string of the molecule is CCn1nccc1C(=O)N=c1sc2ccc3ccccc3c2n1C. The molecular formula is C18H16N4OS. The highest BCUT2D eigenvalue weighted by molar-refractivity contribution is 7.16. The van der Waals surface area contributed by atoms with E-state index in [1.165, 1.54) is 22.1 Å². The number of benzene rings is 2. The molecule has 2 heterocycles. The van der Waals surface area contributed by atoms with Crippen LogP contribution in [0.2, 0.25) is 0 Å². The van der Waals surface area contributed by atoms with Crippen molar-refractivity contribution in [2.24, 2.45) is 12.0 Å². The molecule has 120 valence electrons. The number of fused-ring (bicyclic) bond motifs is 3. The van der Waals surface area contributed by atoms with Gasteiger partial charge in [0.15, 0.2) is 4.80 Å². The second-order valence-corrected chi connectivity index (χ2v) is 6.54. The highest BCUT2D eigenvalue weighted by atomic mass is 32.1. The maximum absolute atomic E-state index is 12.5. The summed E-state index contributed by atoms with van der Waals surface area (Å²) in [6, 6.07) is 14.1. The van der Waals surface area contributed by atoms with Gasteiger partial charge in [-0.25, -0.2) is 0 Å². The predicted molar refractivity (Wildman–Crippen MR) is 96.1 cm³/mol. The molecule has 0 saturated heterocycles. The van der Waals surface area contributed by atoms with E-state index in [4.69, 9.17) is 0 Å². The molecule has 0 bridgehead atoms. The average Bonchev–Trinajstić information content (AvgIpc) is 3.20. The van der Waals surface area contributed by atoms with Crippen molar-refractivity contribution in [1.29, 1.82) is 0 Å². The van der Waals surface area contributed by atoms with Crippen molar-refractivity contribution in [3.05, 3.63) is 59.2 Å².